The molecule has 13 heavy (non-hydrogen) atoms. The second-order valence-corrected chi connectivity index (χ2v) is 3.98. The summed E-state index contributed by atoms with van der Waals surface area (Å²) in [4.78, 5) is 0. The van der Waals surface area contributed by atoms with E-state index in [2.05, 4.69) is 34.9 Å². The number of benzene rings is 1. The van der Waals surface area contributed by atoms with Crippen LogP contribution in [-0.2, 0) is 6.42 Å². The van der Waals surface area contributed by atoms with Crippen LogP contribution in [0.1, 0.15) is 17.2 Å². The molecule has 1 aromatic rings. The highest BCUT2D eigenvalue weighted by molar-refractivity contribution is 5.36. The molecule has 0 spiro atoms. The third-order valence-corrected chi connectivity index (χ3v) is 3.20. The van der Waals surface area contributed by atoms with E-state index in [1.165, 1.54) is 17.5 Å². The first-order valence-corrected chi connectivity index (χ1v) is 4.97. The fourth-order valence-electron chi connectivity index (χ4n) is 2.58. The molecule has 2 unspecified atom stereocenters. The van der Waals surface area contributed by atoms with E-state index >= 15 is 0 Å². The van der Waals surface area contributed by atoms with Gasteiger partial charge in [0.2, 0.25) is 0 Å². The SMILES string of the molecule is c1ccc2c(c1)CC1CNCNC21. The minimum absolute atomic E-state index is 0.609. The summed E-state index contributed by atoms with van der Waals surface area (Å²) in [5.41, 5.74) is 3.06. The quantitative estimate of drug-likeness (QED) is 0.614. The summed E-state index contributed by atoms with van der Waals surface area (Å²) in [6.45, 7) is 2.11. The smallest absolute Gasteiger partial charge is 0.0459 e. The van der Waals surface area contributed by atoms with Crippen LogP contribution in [0, 0.1) is 5.92 Å². The molecule has 2 atom stereocenters. The Morgan fingerprint density at radius 1 is 1.23 bits per heavy atom. The van der Waals surface area contributed by atoms with E-state index in [0.29, 0.717) is 6.04 Å². The Morgan fingerprint density at radius 3 is 3.15 bits per heavy atom. The molecule has 1 aliphatic carbocycles. The minimum Gasteiger partial charge on any atom is -0.304 e. The van der Waals surface area contributed by atoms with Crippen LogP contribution >= 0.6 is 0 Å². The van der Waals surface area contributed by atoms with Gasteiger partial charge in [0, 0.05) is 19.3 Å². The second-order valence-electron chi connectivity index (χ2n) is 3.98. The molecule has 1 fully saturated rings. The van der Waals surface area contributed by atoms with Gasteiger partial charge >= 0.3 is 0 Å². The predicted molar refractivity (Wildman–Crippen MR) is 52.4 cm³/mol. The van der Waals surface area contributed by atoms with Gasteiger partial charge in [0.15, 0.2) is 0 Å². The van der Waals surface area contributed by atoms with Gasteiger partial charge < -0.3 is 5.32 Å². The molecular weight excluding hydrogens is 160 g/mol. The summed E-state index contributed by atoms with van der Waals surface area (Å²) in [6, 6.07) is 9.42. The first-order chi connectivity index (χ1) is 6.45. The van der Waals surface area contributed by atoms with Crippen molar-refractivity contribution in [2.45, 2.75) is 12.5 Å². The van der Waals surface area contributed by atoms with Crippen LogP contribution in [0.25, 0.3) is 0 Å². The van der Waals surface area contributed by atoms with Crippen molar-refractivity contribution >= 4 is 0 Å². The van der Waals surface area contributed by atoms with Crippen molar-refractivity contribution < 1.29 is 0 Å². The fourth-order valence-corrected chi connectivity index (χ4v) is 2.58. The van der Waals surface area contributed by atoms with Gasteiger partial charge in [0.1, 0.15) is 0 Å². The van der Waals surface area contributed by atoms with Crippen LogP contribution in [0.4, 0.5) is 0 Å². The lowest BCUT2D eigenvalue weighted by Gasteiger charge is -2.28. The van der Waals surface area contributed by atoms with E-state index in [1.807, 2.05) is 0 Å². The van der Waals surface area contributed by atoms with Gasteiger partial charge in [-0.25, -0.2) is 0 Å². The summed E-state index contributed by atoms with van der Waals surface area (Å²) in [5, 5.41) is 6.91. The first kappa shape index (κ1) is 7.54. The standard InChI is InChI=1S/C11H14N2/c1-2-4-10-8(3-1)5-9-6-12-7-13-11(9)10/h1-4,9,11-13H,5-7H2. The monoisotopic (exact) mass is 174 g/mol. The van der Waals surface area contributed by atoms with Gasteiger partial charge in [-0.2, -0.15) is 0 Å². The molecule has 68 valence electrons. The van der Waals surface area contributed by atoms with Crippen LogP contribution in [0.2, 0.25) is 0 Å². The molecule has 2 heteroatoms. The van der Waals surface area contributed by atoms with E-state index < -0.39 is 0 Å². The first-order valence-electron chi connectivity index (χ1n) is 4.97. The number of hydrogen-bond acceptors (Lipinski definition) is 2. The van der Waals surface area contributed by atoms with Crippen molar-refractivity contribution in [2.24, 2.45) is 5.92 Å². The summed E-state index contributed by atoms with van der Waals surface area (Å²) in [6.07, 6.45) is 1.24. The maximum absolute atomic E-state index is 3.53. The number of hydrogen-bond donors (Lipinski definition) is 2. The van der Waals surface area contributed by atoms with Gasteiger partial charge in [-0.3, -0.25) is 5.32 Å². The van der Waals surface area contributed by atoms with Crippen molar-refractivity contribution in [3.63, 3.8) is 0 Å². The maximum Gasteiger partial charge on any atom is 0.0459 e. The van der Waals surface area contributed by atoms with Crippen molar-refractivity contribution in [3.05, 3.63) is 35.4 Å². The summed E-state index contributed by atoms with van der Waals surface area (Å²) in [7, 11) is 0. The van der Waals surface area contributed by atoms with E-state index in [9.17, 15) is 0 Å². The lowest BCUT2D eigenvalue weighted by Crippen LogP contribution is -2.44. The molecule has 1 aromatic carbocycles. The Hall–Kier alpha value is -0.860. The average Bonchev–Trinajstić information content (AvgIpc) is 2.56. The molecule has 0 amide bonds. The topological polar surface area (TPSA) is 24.1 Å². The molecule has 0 saturated carbocycles. The Kier molecular flexibility index (Phi) is 1.64. The van der Waals surface area contributed by atoms with Crippen LogP contribution in [-0.4, -0.2) is 13.2 Å². The Bertz CT molecular complexity index is 322. The van der Waals surface area contributed by atoms with E-state index in [-0.39, 0.29) is 0 Å². The second kappa shape index (κ2) is 2.82. The third-order valence-electron chi connectivity index (χ3n) is 3.20. The van der Waals surface area contributed by atoms with Gasteiger partial charge in [0.25, 0.3) is 0 Å². The lowest BCUT2D eigenvalue weighted by atomic mass is 9.99. The van der Waals surface area contributed by atoms with Gasteiger partial charge in [0.05, 0.1) is 0 Å². The van der Waals surface area contributed by atoms with E-state index in [4.69, 9.17) is 0 Å². The van der Waals surface area contributed by atoms with Crippen LogP contribution in [0.3, 0.4) is 0 Å². The summed E-state index contributed by atoms with van der Waals surface area (Å²) >= 11 is 0. The van der Waals surface area contributed by atoms with Crippen LogP contribution in [0.15, 0.2) is 24.3 Å². The molecule has 2 nitrogen and oxygen atoms in total. The zero-order valence-electron chi connectivity index (χ0n) is 7.59. The largest absolute Gasteiger partial charge is 0.304 e. The average molecular weight is 174 g/mol. The Morgan fingerprint density at radius 2 is 2.15 bits per heavy atom. The Labute approximate surface area is 78.3 Å². The molecular formula is C11H14N2. The molecule has 1 aliphatic heterocycles. The molecule has 0 bridgehead atoms. The van der Waals surface area contributed by atoms with Crippen molar-refractivity contribution in [1.29, 1.82) is 0 Å². The van der Waals surface area contributed by atoms with Crippen LogP contribution < -0.4 is 10.6 Å². The molecule has 2 N–H and O–H groups in total. The predicted octanol–water partition coefficient (Wildman–Crippen LogP) is 1.05. The highest BCUT2D eigenvalue weighted by Gasteiger charge is 2.33. The highest BCUT2D eigenvalue weighted by atomic mass is 15.1. The fraction of sp³-hybridized carbons (Fsp3) is 0.455. The minimum atomic E-state index is 0.609. The molecule has 2 aliphatic rings. The zero-order chi connectivity index (χ0) is 8.67. The van der Waals surface area contributed by atoms with Gasteiger partial charge in [-0.05, 0) is 23.5 Å². The highest BCUT2D eigenvalue weighted by Crippen LogP contribution is 2.36. The van der Waals surface area contributed by atoms with Crippen molar-refractivity contribution in [1.82, 2.24) is 10.6 Å². The number of nitrogens with one attached hydrogen (secondary N) is 2. The molecule has 1 saturated heterocycles. The Balaban J connectivity index is 2.01. The number of fused-ring (bicyclic) bond motifs is 3. The van der Waals surface area contributed by atoms with Gasteiger partial charge in [-0.15, -0.1) is 0 Å². The third kappa shape index (κ3) is 1.10. The molecule has 0 aromatic heterocycles. The molecule has 0 radical (unpaired) electrons. The van der Waals surface area contributed by atoms with Crippen LogP contribution in [0.5, 0.6) is 0 Å². The lowest BCUT2D eigenvalue weighted by molar-refractivity contribution is 0.304. The maximum atomic E-state index is 3.53. The van der Waals surface area contributed by atoms with Gasteiger partial charge in [-0.1, -0.05) is 24.3 Å². The molecule has 1 heterocycles. The van der Waals surface area contributed by atoms with E-state index in [1.54, 1.807) is 0 Å². The number of rotatable bonds is 0. The van der Waals surface area contributed by atoms with Crippen molar-refractivity contribution in [2.75, 3.05) is 13.2 Å². The zero-order valence-corrected chi connectivity index (χ0v) is 7.59. The van der Waals surface area contributed by atoms with E-state index in [0.717, 1.165) is 19.1 Å². The molecule has 3 rings (SSSR count). The normalized spacial score (nSPS) is 31.1. The van der Waals surface area contributed by atoms with Crippen molar-refractivity contribution in [3.8, 4) is 0 Å². The summed E-state index contributed by atoms with van der Waals surface area (Å²) < 4.78 is 0. The summed E-state index contributed by atoms with van der Waals surface area (Å²) in [5.74, 6) is 0.770.